The monoisotopic (exact) mass is 516 g/mol. The third-order valence-corrected chi connectivity index (χ3v) is 5.74. The van der Waals surface area contributed by atoms with Crippen molar-refractivity contribution in [2.45, 2.75) is 25.9 Å². The zero-order valence-electron chi connectivity index (χ0n) is 19.7. The molecule has 4 aromatic rings. The normalized spacial score (nSPS) is 11.4. The molecule has 0 heterocycles. The zero-order valence-corrected chi connectivity index (χ0v) is 19.7. The van der Waals surface area contributed by atoms with Crippen LogP contribution in [0.5, 0.6) is 11.5 Å². The summed E-state index contributed by atoms with van der Waals surface area (Å²) in [6.07, 6.45) is -1.98. The second kappa shape index (κ2) is 11.0. The highest BCUT2D eigenvalue weighted by Gasteiger charge is 2.35. The predicted molar refractivity (Wildman–Crippen MR) is 129 cm³/mol. The zero-order chi connectivity index (χ0) is 26.6. The summed E-state index contributed by atoms with van der Waals surface area (Å²) in [4.78, 5) is 0. The van der Waals surface area contributed by atoms with Crippen molar-refractivity contribution in [2.24, 2.45) is 0 Å². The Kier molecular flexibility index (Phi) is 7.76. The average molecular weight is 516 g/mol. The van der Waals surface area contributed by atoms with Crippen molar-refractivity contribution in [3.63, 3.8) is 0 Å². The quantitative estimate of drug-likeness (QED) is 0.207. The molecule has 37 heavy (non-hydrogen) atoms. The molecule has 0 fully saturated rings. The molecule has 0 aliphatic rings. The first-order valence-corrected chi connectivity index (χ1v) is 11.5. The van der Waals surface area contributed by atoms with Crippen LogP contribution in [-0.4, -0.2) is 6.86 Å². The Labute approximate surface area is 210 Å². The van der Waals surface area contributed by atoms with Crippen LogP contribution in [0, 0.1) is 17.5 Å². The average Bonchev–Trinajstić information content (AvgIpc) is 2.87. The van der Waals surface area contributed by atoms with Crippen LogP contribution in [0.2, 0.25) is 0 Å². The summed E-state index contributed by atoms with van der Waals surface area (Å²) in [6, 6.07) is 18.1. The van der Waals surface area contributed by atoms with E-state index in [0.29, 0.717) is 23.3 Å². The van der Waals surface area contributed by atoms with Crippen molar-refractivity contribution < 1.29 is 35.8 Å². The van der Waals surface area contributed by atoms with E-state index in [1.165, 1.54) is 23.8 Å². The summed E-state index contributed by atoms with van der Waals surface area (Å²) in [6.45, 7) is 0.600. The van der Waals surface area contributed by atoms with Gasteiger partial charge in [0.15, 0.2) is 17.4 Å². The summed E-state index contributed by atoms with van der Waals surface area (Å²) in [5.41, 5.74) is 2.69. The number of ether oxygens (including phenoxy) is 2. The fourth-order valence-corrected chi connectivity index (χ4v) is 3.92. The van der Waals surface area contributed by atoms with Gasteiger partial charge in [-0.25, -0.2) is 17.6 Å². The van der Waals surface area contributed by atoms with Crippen LogP contribution in [0.3, 0.4) is 0 Å². The SMILES string of the molecule is CCCc1ccc(-c2ccc(-c3ccc(C(F)(F)Oc4cc(F)c(OCF)c(F)c4)cc3)c(F)c2)cc1. The van der Waals surface area contributed by atoms with E-state index in [1.807, 2.05) is 24.3 Å². The van der Waals surface area contributed by atoms with Crippen molar-refractivity contribution in [3.8, 4) is 33.8 Å². The van der Waals surface area contributed by atoms with E-state index in [9.17, 15) is 26.3 Å². The molecule has 0 atom stereocenters. The van der Waals surface area contributed by atoms with Crippen LogP contribution in [0.4, 0.5) is 26.3 Å². The molecule has 0 radical (unpaired) electrons. The highest BCUT2D eigenvalue weighted by atomic mass is 19.3. The number of hydrogen-bond donors (Lipinski definition) is 0. The van der Waals surface area contributed by atoms with E-state index in [1.54, 1.807) is 12.1 Å². The van der Waals surface area contributed by atoms with Gasteiger partial charge in [0.1, 0.15) is 11.6 Å². The molecule has 0 amide bonds. The van der Waals surface area contributed by atoms with E-state index in [0.717, 1.165) is 30.5 Å². The van der Waals surface area contributed by atoms with Gasteiger partial charge in [0.25, 0.3) is 0 Å². The van der Waals surface area contributed by atoms with Gasteiger partial charge in [0, 0.05) is 17.7 Å². The highest BCUT2D eigenvalue weighted by Crippen LogP contribution is 2.36. The minimum Gasteiger partial charge on any atom is -0.457 e. The summed E-state index contributed by atoms with van der Waals surface area (Å²) in [7, 11) is 0. The van der Waals surface area contributed by atoms with Crippen LogP contribution in [0.15, 0.2) is 78.9 Å². The molecule has 0 bridgehead atoms. The second-order valence-electron chi connectivity index (χ2n) is 8.31. The number of halogens is 6. The summed E-state index contributed by atoms with van der Waals surface area (Å²) >= 11 is 0. The van der Waals surface area contributed by atoms with Crippen LogP contribution in [-0.2, 0) is 12.5 Å². The molecule has 4 aromatic carbocycles. The minimum absolute atomic E-state index is 0.217. The maximum absolute atomic E-state index is 14.9. The Morgan fingerprint density at radius 3 is 1.86 bits per heavy atom. The molecule has 0 N–H and O–H groups in total. The van der Waals surface area contributed by atoms with Gasteiger partial charge in [-0.15, -0.1) is 0 Å². The molecule has 0 aromatic heterocycles. The van der Waals surface area contributed by atoms with Gasteiger partial charge in [-0.2, -0.15) is 8.78 Å². The van der Waals surface area contributed by atoms with Gasteiger partial charge in [-0.3, -0.25) is 0 Å². The molecule has 0 aliphatic carbocycles. The molecule has 0 aliphatic heterocycles. The number of alkyl halides is 3. The lowest BCUT2D eigenvalue weighted by Crippen LogP contribution is -2.22. The number of aryl methyl sites for hydroxylation is 1. The fraction of sp³-hybridized carbons (Fsp3) is 0.172. The summed E-state index contributed by atoms with van der Waals surface area (Å²) in [5.74, 6) is -5.17. The molecule has 0 spiro atoms. The number of rotatable bonds is 9. The maximum Gasteiger partial charge on any atom is 0.426 e. The van der Waals surface area contributed by atoms with E-state index in [4.69, 9.17) is 0 Å². The van der Waals surface area contributed by atoms with Gasteiger partial charge in [-0.1, -0.05) is 61.9 Å². The molecule has 2 nitrogen and oxygen atoms in total. The van der Waals surface area contributed by atoms with Crippen molar-refractivity contribution in [3.05, 3.63) is 107 Å². The Hall–Kier alpha value is -3.94. The first-order chi connectivity index (χ1) is 17.7. The van der Waals surface area contributed by atoms with E-state index >= 15 is 0 Å². The van der Waals surface area contributed by atoms with E-state index in [2.05, 4.69) is 16.4 Å². The molecule has 192 valence electrons. The molecule has 8 heteroatoms. The second-order valence-corrected chi connectivity index (χ2v) is 8.31. The molecule has 4 rings (SSSR count). The van der Waals surface area contributed by atoms with Gasteiger partial charge in [0.2, 0.25) is 6.86 Å². The highest BCUT2D eigenvalue weighted by molar-refractivity contribution is 5.71. The molecule has 0 saturated heterocycles. The van der Waals surface area contributed by atoms with Crippen LogP contribution in [0.1, 0.15) is 24.5 Å². The van der Waals surface area contributed by atoms with Crippen LogP contribution in [0.25, 0.3) is 22.3 Å². The Balaban J connectivity index is 1.52. The van der Waals surface area contributed by atoms with Gasteiger partial charge >= 0.3 is 6.11 Å². The van der Waals surface area contributed by atoms with Crippen molar-refractivity contribution in [2.75, 3.05) is 6.86 Å². The summed E-state index contributed by atoms with van der Waals surface area (Å²) < 4.78 is 92.8. The third-order valence-electron chi connectivity index (χ3n) is 5.74. The lowest BCUT2D eigenvalue weighted by atomic mass is 9.98. The van der Waals surface area contributed by atoms with Gasteiger partial charge in [-0.05, 0) is 46.9 Å². The van der Waals surface area contributed by atoms with Crippen molar-refractivity contribution in [1.82, 2.24) is 0 Å². The van der Waals surface area contributed by atoms with Crippen LogP contribution < -0.4 is 9.47 Å². The number of benzene rings is 4. The van der Waals surface area contributed by atoms with E-state index < -0.39 is 47.5 Å². The lowest BCUT2D eigenvalue weighted by molar-refractivity contribution is -0.185. The standard InChI is InChI=1S/C29H22F6O2/c1-2-3-18-4-6-19(7-5-18)21-10-13-24(25(31)14-21)20-8-11-22(12-9-20)29(34,35)37-23-15-26(32)28(36-17-30)27(33)16-23/h4-16H,2-3,17H2,1H3. The molecular weight excluding hydrogens is 494 g/mol. The molecule has 0 saturated carbocycles. The Morgan fingerprint density at radius 2 is 1.30 bits per heavy atom. The largest absolute Gasteiger partial charge is 0.457 e. The molecular formula is C29H22F6O2. The first-order valence-electron chi connectivity index (χ1n) is 11.5. The smallest absolute Gasteiger partial charge is 0.426 e. The van der Waals surface area contributed by atoms with Crippen molar-refractivity contribution in [1.29, 1.82) is 0 Å². The first kappa shape index (κ1) is 26.1. The van der Waals surface area contributed by atoms with Gasteiger partial charge in [0.05, 0.1) is 5.56 Å². The minimum atomic E-state index is -3.97. The summed E-state index contributed by atoms with van der Waals surface area (Å²) in [5, 5.41) is 0. The van der Waals surface area contributed by atoms with Gasteiger partial charge < -0.3 is 9.47 Å². The van der Waals surface area contributed by atoms with Crippen LogP contribution >= 0.6 is 0 Å². The number of hydrogen-bond acceptors (Lipinski definition) is 2. The van der Waals surface area contributed by atoms with Crippen molar-refractivity contribution >= 4 is 0 Å². The molecule has 0 unspecified atom stereocenters. The Morgan fingerprint density at radius 1 is 0.703 bits per heavy atom. The third kappa shape index (κ3) is 5.90. The maximum atomic E-state index is 14.9. The predicted octanol–water partition coefficient (Wildman–Crippen LogP) is 8.82. The Bertz CT molecular complexity index is 1350. The van der Waals surface area contributed by atoms with E-state index in [-0.39, 0.29) is 5.56 Å². The lowest BCUT2D eigenvalue weighted by Gasteiger charge is -2.19. The topological polar surface area (TPSA) is 18.5 Å². The fourth-order valence-electron chi connectivity index (χ4n) is 3.92.